The van der Waals surface area contributed by atoms with Crippen molar-refractivity contribution in [3.05, 3.63) is 36.0 Å². The number of nitrogens with two attached hydrogens (primary N) is 1. The van der Waals surface area contributed by atoms with E-state index in [4.69, 9.17) is 5.73 Å². The van der Waals surface area contributed by atoms with Crippen LogP contribution in [0, 0.1) is 0 Å². The van der Waals surface area contributed by atoms with Gasteiger partial charge in [0, 0.05) is 29.9 Å². The van der Waals surface area contributed by atoms with Crippen LogP contribution in [0.3, 0.4) is 0 Å². The molecule has 0 unspecified atom stereocenters. The van der Waals surface area contributed by atoms with Gasteiger partial charge in [0.1, 0.15) is 0 Å². The molecule has 2 aromatic rings. The minimum atomic E-state index is 0.770. The lowest BCUT2D eigenvalue weighted by Crippen LogP contribution is -2.20. The molecule has 3 heteroatoms. The van der Waals surface area contributed by atoms with Crippen LogP contribution in [0.2, 0.25) is 0 Å². The van der Waals surface area contributed by atoms with Gasteiger partial charge in [0.05, 0.1) is 5.52 Å². The first-order chi connectivity index (χ1) is 8.25. The van der Waals surface area contributed by atoms with Crippen molar-refractivity contribution in [1.29, 1.82) is 0 Å². The normalized spacial score (nSPS) is 15.6. The third-order valence-electron chi connectivity index (χ3n) is 3.48. The first kappa shape index (κ1) is 10.5. The van der Waals surface area contributed by atoms with Gasteiger partial charge in [-0.05, 0) is 43.7 Å². The number of fused-ring (bicyclic) bond motifs is 1. The molecule has 0 amide bonds. The Hall–Kier alpha value is -1.61. The number of hydrogen-bond donors (Lipinski definition) is 1. The fourth-order valence-corrected chi connectivity index (χ4v) is 2.29. The van der Waals surface area contributed by atoms with E-state index in [0.717, 1.165) is 29.2 Å². The summed E-state index contributed by atoms with van der Waals surface area (Å²) in [5, 5.41) is 1.06. The molecule has 3 rings (SSSR count). The Morgan fingerprint density at radius 2 is 2.18 bits per heavy atom. The molecule has 88 valence electrons. The second-order valence-corrected chi connectivity index (χ2v) is 4.86. The van der Waals surface area contributed by atoms with Crippen molar-refractivity contribution in [2.24, 2.45) is 0 Å². The summed E-state index contributed by atoms with van der Waals surface area (Å²) in [4.78, 5) is 6.87. The van der Waals surface area contributed by atoms with Crippen molar-refractivity contribution >= 4 is 16.6 Å². The number of hydrogen-bond acceptors (Lipinski definition) is 3. The molecule has 0 atom stereocenters. The molecule has 1 aromatic carbocycles. The highest BCUT2D eigenvalue weighted by Crippen LogP contribution is 2.29. The molecule has 1 aromatic heterocycles. The minimum Gasteiger partial charge on any atom is -0.398 e. The van der Waals surface area contributed by atoms with Gasteiger partial charge in [-0.1, -0.05) is 6.07 Å². The molecule has 1 aliphatic rings. The number of rotatable bonds is 3. The highest BCUT2D eigenvalue weighted by Gasteiger charge is 2.26. The van der Waals surface area contributed by atoms with E-state index >= 15 is 0 Å². The number of pyridine rings is 1. The van der Waals surface area contributed by atoms with Crippen LogP contribution in [0.25, 0.3) is 10.9 Å². The number of anilines is 1. The lowest BCUT2D eigenvalue weighted by Gasteiger charge is -2.17. The molecule has 0 aliphatic heterocycles. The van der Waals surface area contributed by atoms with Crippen LogP contribution in [-0.4, -0.2) is 23.0 Å². The van der Waals surface area contributed by atoms with E-state index in [0.29, 0.717) is 0 Å². The Labute approximate surface area is 101 Å². The van der Waals surface area contributed by atoms with Gasteiger partial charge in [-0.2, -0.15) is 0 Å². The SMILES string of the molecule is CN(Cc1ccc(N)c2cccnc12)C1CC1. The van der Waals surface area contributed by atoms with Crippen molar-refractivity contribution in [3.63, 3.8) is 0 Å². The lowest BCUT2D eigenvalue weighted by atomic mass is 10.1. The Kier molecular flexibility index (Phi) is 2.48. The maximum absolute atomic E-state index is 5.97. The van der Waals surface area contributed by atoms with Crippen LogP contribution in [0.1, 0.15) is 18.4 Å². The van der Waals surface area contributed by atoms with Crippen LogP contribution < -0.4 is 5.73 Å². The van der Waals surface area contributed by atoms with Crippen molar-refractivity contribution in [1.82, 2.24) is 9.88 Å². The van der Waals surface area contributed by atoms with E-state index in [-0.39, 0.29) is 0 Å². The van der Waals surface area contributed by atoms with Gasteiger partial charge < -0.3 is 5.73 Å². The fourth-order valence-electron chi connectivity index (χ4n) is 2.29. The second kappa shape index (κ2) is 4.00. The van der Waals surface area contributed by atoms with Crippen LogP contribution in [0.4, 0.5) is 5.69 Å². The van der Waals surface area contributed by atoms with E-state index in [9.17, 15) is 0 Å². The highest BCUT2D eigenvalue weighted by atomic mass is 15.1. The third-order valence-corrected chi connectivity index (χ3v) is 3.48. The molecule has 1 heterocycles. The number of benzene rings is 1. The topological polar surface area (TPSA) is 42.1 Å². The predicted octanol–water partition coefficient (Wildman–Crippen LogP) is 2.41. The maximum atomic E-state index is 5.97. The molecule has 17 heavy (non-hydrogen) atoms. The van der Waals surface area contributed by atoms with Crippen molar-refractivity contribution in [2.75, 3.05) is 12.8 Å². The summed E-state index contributed by atoms with van der Waals surface area (Å²) in [6, 6.07) is 8.83. The van der Waals surface area contributed by atoms with E-state index < -0.39 is 0 Å². The van der Waals surface area contributed by atoms with Gasteiger partial charge in [0.25, 0.3) is 0 Å². The van der Waals surface area contributed by atoms with Gasteiger partial charge in [-0.15, -0.1) is 0 Å². The molecule has 3 nitrogen and oxygen atoms in total. The molecular formula is C14H17N3. The number of nitrogens with zero attached hydrogens (tertiary/aromatic N) is 2. The van der Waals surface area contributed by atoms with Crippen LogP contribution >= 0.6 is 0 Å². The summed E-state index contributed by atoms with van der Waals surface area (Å²) in [6.07, 6.45) is 4.50. The van der Waals surface area contributed by atoms with Gasteiger partial charge in [0.15, 0.2) is 0 Å². The Bertz CT molecular complexity index is 546. The van der Waals surface area contributed by atoms with Gasteiger partial charge in [-0.3, -0.25) is 9.88 Å². The van der Waals surface area contributed by atoms with E-state index in [1.807, 2.05) is 24.4 Å². The highest BCUT2D eigenvalue weighted by molar-refractivity contribution is 5.92. The van der Waals surface area contributed by atoms with E-state index in [2.05, 4.69) is 23.0 Å². The molecule has 1 fully saturated rings. The molecule has 1 aliphatic carbocycles. The predicted molar refractivity (Wildman–Crippen MR) is 70.6 cm³/mol. The second-order valence-electron chi connectivity index (χ2n) is 4.86. The number of nitrogen functional groups attached to an aromatic ring is 1. The molecule has 0 saturated heterocycles. The van der Waals surface area contributed by atoms with Crippen molar-refractivity contribution < 1.29 is 0 Å². The fraction of sp³-hybridized carbons (Fsp3) is 0.357. The van der Waals surface area contributed by atoms with Crippen molar-refractivity contribution in [3.8, 4) is 0 Å². The van der Waals surface area contributed by atoms with Crippen LogP contribution in [0.15, 0.2) is 30.5 Å². The van der Waals surface area contributed by atoms with Gasteiger partial charge in [0.2, 0.25) is 0 Å². The summed E-state index contributed by atoms with van der Waals surface area (Å²) >= 11 is 0. The summed E-state index contributed by atoms with van der Waals surface area (Å²) in [5.74, 6) is 0. The van der Waals surface area contributed by atoms with Gasteiger partial charge >= 0.3 is 0 Å². The molecule has 1 saturated carbocycles. The standard InChI is InChI=1S/C14H17N3/c1-17(11-5-6-11)9-10-4-7-13(15)12-3-2-8-16-14(10)12/h2-4,7-8,11H,5-6,9,15H2,1H3. The molecule has 0 radical (unpaired) electrons. The van der Waals surface area contributed by atoms with E-state index in [1.165, 1.54) is 18.4 Å². The van der Waals surface area contributed by atoms with Crippen LogP contribution in [0.5, 0.6) is 0 Å². The quantitative estimate of drug-likeness (QED) is 0.819. The zero-order valence-corrected chi connectivity index (χ0v) is 10.1. The van der Waals surface area contributed by atoms with E-state index in [1.54, 1.807) is 0 Å². The summed E-state index contributed by atoms with van der Waals surface area (Å²) in [5.41, 5.74) is 9.09. The molecule has 0 spiro atoms. The average Bonchev–Trinajstić information content (AvgIpc) is 3.17. The first-order valence-corrected chi connectivity index (χ1v) is 6.08. The van der Waals surface area contributed by atoms with Crippen LogP contribution in [-0.2, 0) is 6.54 Å². The molecule has 0 bridgehead atoms. The third kappa shape index (κ3) is 1.98. The van der Waals surface area contributed by atoms with Gasteiger partial charge in [-0.25, -0.2) is 0 Å². The summed E-state index contributed by atoms with van der Waals surface area (Å²) in [6.45, 7) is 0.957. The number of aromatic nitrogens is 1. The maximum Gasteiger partial charge on any atom is 0.0767 e. The zero-order chi connectivity index (χ0) is 11.8. The Balaban J connectivity index is 2.01. The Morgan fingerprint density at radius 3 is 2.94 bits per heavy atom. The first-order valence-electron chi connectivity index (χ1n) is 6.08. The molecule has 2 N–H and O–H groups in total. The minimum absolute atomic E-state index is 0.770. The average molecular weight is 227 g/mol. The monoisotopic (exact) mass is 227 g/mol. The Morgan fingerprint density at radius 1 is 1.35 bits per heavy atom. The zero-order valence-electron chi connectivity index (χ0n) is 10.1. The summed E-state index contributed by atoms with van der Waals surface area (Å²) in [7, 11) is 2.18. The largest absolute Gasteiger partial charge is 0.398 e. The summed E-state index contributed by atoms with van der Waals surface area (Å²) < 4.78 is 0. The lowest BCUT2D eigenvalue weighted by molar-refractivity contribution is 0.317. The van der Waals surface area contributed by atoms with Crippen molar-refractivity contribution in [2.45, 2.75) is 25.4 Å². The molecular weight excluding hydrogens is 210 g/mol. The smallest absolute Gasteiger partial charge is 0.0767 e.